The first kappa shape index (κ1) is 17.8. The molecule has 2 aliphatic rings. The Hall–Kier alpha value is -2.32. The van der Waals surface area contributed by atoms with Crippen LogP contribution >= 0.6 is 11.5 Å². The fourth-order valence-corrected chi connectivity index (χ4v) is 5.37. The summed E-state index contributed by atoms with van der Waals surface area (Å²) in [7, 11) is 1.66. The van der Waals surface area contributed by atoms with Gasteiger partial charge in [0.15, 0.2) is 5.75 Å². The molecule has 5 rings (SSSR count). The Bertz CT molecular complexity index is 1190. The lowest BCUT2D eigenvalue weighted by Gasteiger charge is -2.24. The first-order chi connectivity index (χ1) is 13.5. The summed E-state index contributed by atoms with van der Waals surface area (Å²) in [5.41, 5.74) is 7.40. The van der Waals surface area contributed by atoms with E-state index in [0.717, 1.165) is 54.1 Å². The van der Waals surface area contributed by atoms with E-state index < -0.39 is 0 Å². The molecule has 8 heteroatoms. The number of pyridine rings is 1. The molecule has 1 aliphatic carbocycles. The van der Waals surface area contributed by atoms with E-state index in [4.69, 9.17) is 10.5 Å². The van der Waals surface area contributed by atoms with Crippen molar-refractivity contribution >= 4 is 38.3 Å². The molecule has 3 aromatic rings. The lowest BCUT2D eigenvalue weighted by molar-refractivity contribution is 0.417. The van der Waals surface area contributed by atoms with Crippen LogP contribution in [0.5, 0.6) is 5.75 Å². The van der Waals surface area contributed by atoms with E-state index in [1.54, 1.807) is 7.11 Å². The van der Waals surface area contributed by atoms with Gasteiger partial charge in [0.2, 0.25) is 5.43 Å². The maximum Gasteiger partial charge on any atom is 0.271 e. The van der Waals surface area contributed by atoms with Gasteiger partial charge in [-0.2, -0.15) is 0 Å². The van der Waals surface area contributed by atoms with Crippen LogP contribution in [-0.4, -0.2) is 35.2 Å². The largest absolute Gasteiger partial charge is 0.492 e. The van der Waals surface area contributed by atoms with Crippen LogP contribution in [0.25, 0.3) is 21.1 Å². The van der Waals surface area contributed by atoms with Crippen molar-refractivity contribution in [3.8, 4) is 5.75 Å². The molecule has 2 fully saturated rings. The number of fused-ring (bicyclic) bond motifs is 2. The summed E-state index contributed by atoms with van der Waals surface area (Å²) in [6, 6.07) is 4.26. The zero-order chi connectivity index (χ0) is 19.6. The summed E-state index contributed by atoms with van der Waals surface area (Å²) < 4.78 is 10.8. The normalized spacial score (nSPS) is 21.0. The van der Waals surface area contributed by atoms with Gasteiger partial charge in [0, 0.05) is 25.2 Å². The summed E-state index contributed by atoms with van der Waals surface area (Å²) in [6.45, 7) is 3.86. The van der Waals surface area contributed by atoms with Crippen LogP contribution in [0.2, 0.25) is 0 Å². The first-order valence-corrected chi connectivity index (χ1v) is 10.6. The van der Waals surface area contributed by atoms with Crippen LogP contribution < -0.4 is 26.4 Å². The van der Waals surface area contributed by atoms with E-state index >= 15 is 0 Å². The molecule has 1 aliphatic heterocycles. The smallest absolute Gasteiger partial charge is 0.271 e. The van der Waals surface area contributed by atoms with Crippen LogP contribution in [-0.2, 0) is 0 Å². The van der Waals surface area contributed by atoms with Crippen molar-refractivity contribution in [2.45, 2.75) is 38.3 Å². The van der Waals surface area contributed by atoms with Gasteiger partial charge in [-0.05, 0) is 55.8 Å². The van der Waals surface area contributed by atoms with E-state index in [1.165, 1.54) is 11.5 Å². The number of anilines is 1. The Labute approximate surface area is 165 Å². The van der Waals surface area contributed by atoms with Crippen molar-refractivity contribution in [3.05, 3.63) is 32.7 Å². The Morgan fingerprint density at radius 1 is 1.29 bits per heavy atom. The third kappa shape index (κ3) is 2.51. The Morgan fingerprint density at radius 2 is 2.07 bits per heavy atom. The number of benzene rings is 1. The second kappa shape index (κ2) is 6.35. The Morgan fingerprint density at radius 3 is 2.71 bits per heavy atom. The predicted octanol–water partition coefficient (Wildman–Crippen LogP) is 2.42. The maximum atomic E-state index is 13.1. The quantitative estimate of drug-likeness (QED) is 0.702. The molecule has 1 saturated heterocycles. The van der Waals surface area contributed by atoms with Gasteiger partial charge < -0.3 is 19.9 Å². The summed E-state index contributed by atoms with van der Waals surface area (Å²) in [5.74, 6) is 1.16. The zero-order valence-electron chi connectivity index (χ0n) is 16.0. The first-order valence-electron chi connectivity index (χ1n) is 9.78. The number of nitrogens with two attached hydrogens (primary N) is 1. The molecule has 2 aromatic heterocycles. The molecule has 3 N–H and O–H groups in total. The third-order valence-electron chi connectivity index (χ3n) is 6.15. The van der Waals surface area contributed by atoms with Crippen molar-refractivity contribution in [2.24, 2.45) is 11.7 Å². The van der Waals surface area contributed by atoms with Gasteiger partial charge in [-0.3, -0.25) is 14.0 Å². The number of aromatic nitrogens is 2. The van der Waals surface area contributed by atoms with E-state index in [9.17, 15) is 9.59 Å². The van der Waals surface area contributed by atoms with Gasteiger partial charge in [0.05, 0.1) is 23.7 Å². The van der Waals surface area contributed by atoms with Crippen LogP contribution in [0.15, 0.2) is 21.7 Å². The van der Waals surface area contributed by atoms with Crippen LogP contribution in [0, 0.1) is 5.92 Å². The average Bonchev–Trinajstić information content (AvgIpc) is 3.25. The fraction of sp³-hybridized carbons (Fsp3) is 0.500. The molecule has 0 spiro atoms. The van der Waals surface area contributed by atoms with E-state index in [-0.39, 0.29) is 22.4 Å². The second-order valence-corrected chi connectivity index (χ2v) is 8.81. The highest BCUT2D eigenvalue weighted by Crippen LogP contribution is 2.45. The van der Waals surface area contributed by atoms with E-state index in [1.807, 2.05) is 12.1 Å². The highest BCUT2D eigenvalue weighted by molar-refractivity contribution is 7.12. The number of hydrogen-bond donors (Lipinski definition) is 2. The van der Waals surface area contributed by atoms with Crippen molar-refractivity contribution in [3.63, 3.8) is 0 Å². The SMILES string of the molecule is COc1c(N2CCC([C@@H](C)N)C2)ccc2c(=O)c3c(=O)[nH]sc3n(C3CC3)c12. The number of hydrogen-bond acceptors (Lipinski definition) is 6. The molecule has 0 radical (unpaired) electrons. The monoisotopic (exact) mass is 400 g/mol. The summed E-state index contributed by atoms with van der Waals surface area (Å²) in [5, 5.41) is 0.809. The minimum atomic E-state index is -0.302. The average molecular weight is 401 g/mol. The zero-order valence-corrected chi connectivity index (χ0v) is 16.8. The second-order valence-electron chi connectivity index (χ2n) is 8.01. The minimum Gasteiger partial charge on any atom is -0.492 e. The summed E-state index contributed by atoms with van der Waals surface area (Å²) in [4.78, 5) is 28.4. The number of aromatic amines is 1. The maximum absolute atomic E-state index is 13.1. The molecule has 148 valence electrons. The fourth-order valence-electron chi connectivity index (χ4n) is 4.45. The van der Waals surface area contributed by atoms with Crippen molar-refractivity contribution in [1.82, 2.24) is 8.94 Å². The number of H-pyrrole nitrogens is 1. The molecule has 1 unspecified atom stereocenters. The van der Waals surface area contributed by atoms with Crippen molar-refractivity contribution < 1.29 is 4.74 Å². The molecule has 1 aromatic carbocycles. The summed E-state index contributed by atoms with van der Waals surface area (Å²) >= 11 is 1.24. The third-order valence-corrected chi connectivity index (χ3v) is 7.03. The molecule has 1 saturated carbocycles. The van der Waals surface area contributed by atoms with Crippen LogP contribution in [0.3, 0.4) is 0 Å². The van der Waals surface area contributed by atoms with Crippen LogP contribution in [0.4, 0.5) is 5.69 Å². The van der Waals surface area contributed by atoms with Crippen molar-refractivity contribution in [1.29, 1.82) is 0 Å². The molecular formula is C20H24N4O3S. The molecule has 2 atom stereocenters. The molecule has 0 amide bonds. The number of nitrogens with zero attached hydrogens (tertiary/aromatic N) is 2. The van der Waals surface area contributed by atoms with E-state index in [2.05, 4.69) is 20.8 Å². The predicted molar refractivity (Wildman–Crippen MR) is 113 cm³/mol. The number of ether oxygens (including phenoxy) is 1. The van der Waals surface area contributed by atoms with Gasteiger partial charge in [0.1, 0.15) is 10.2 Å². The topological polar surface area (TPSA) is 93.3 Å². The van der Waals surface area contributed by atoms with Crippen LogP contribution in [0.1, 0.15) is 32.2 Å². The Kier molecular flexibility index (Phi) is 4.03. The lowest BCUT2D eigenvalue weighted by Crippen LogP contribution is -2.30. The highest BCUT2D eigenvalue weighted by atomic mass is 32.1. The minimum absolute atomic E-state index is 0.151. The molecule has 7 nitrogen and oxygen atoms in total. The van der Waals surface area contributed by atoms with Gasteiger partial charge in [0.25, 0.3) is 5.56 Å². The molecular weight excluding hydrogens is 376 g/mol. The molecule has 0 bridgehead atoms. The highest BCUT2D eigenvalue weighted by Gasteiger charge is 2.32. The van der Waals surface area contributed by atoms with Gasteiger partial charge >= 0.3 is 0 Å². The molecule has 28 heavy (non-hydrogen) atoms. The molecule has 3 heterocycles. The summed E-state index contributed by atoms with van der Waals surface area (Å²) in [6.07, 6.45) is 3.14. The lowest BCUT2D eigenvalue weighted by atomic mass is 10.0. The van der Waals surface area contributed by atoms with Crippen molar-refractivity contribution in [2.75, 3.05) is 25.1 Å². The van der Waals surface area contributed by atoms with Gasteiger partial charge in [-0.1, -0.05) is 0 Å². The van der Waals surface area contributed by atoms with Gasteiger partial charge in [-0.15, -0.1) is 0 Å². The van der Waals surface area contributed by atoms with Gasteiger partial charge in [-0.25, -0.2) is 0 Å². The number of rotatable bonds is 4. The Balaban J connectivity index is 1.80. The number of nitrogens with one attached hydrogen (secondary N) is 1. The number of methoxy groups -OCH3 is 1. The van der Waals surface area contributed by atoms with E-state index in [0.29, 0.717) is 17.3 Å². The standard InChI is InChI=1S/C20H24N4O3S/c1-10(21)11-7-8-23(9-11)14-6-5-13-16(18(14)27-2)24(12-3-4-12)20-15(17(13)25)19(26)22-28-20/h5-6,10-12H,3-4,7-9,21H2,1-2H3,(H,22,26)/t10-,11?/m1/s1.